The molecule has 23 unspecified atom stereocenters. The fourth-order valence-electron chi connectivity index (χ4n) is 10.4. The van der Waals surface area contributed by atoms with Crippen molar-refractivity contribution in [2.75, 3.05) is 20.8 Å². The summed E-state index contributed by atoms with van der Waals surface area (Å²) in [7, 11) is 2.86. The summed E-state index contributed by atoms with van der Waals surface area (Å²) in [5.41, 5.74) is -3.75. The second-order valence-electron chi connectivity index (χ2n) is 20.9. The van der Waals surface area contributed by atoms with E-state index < -0.39 is 162 Å². The zero-order valence-electron chi connectivity index (χ0n) is 42.2. The Labute approximate surface area is 396 Å². The predicted octanol–water partition coefficient (Wildman–Crippen LogP) is 2.63. The molecule has 0 aromatic carbocycles. The summed E-state index contributed by atoms with van der Waals surface area (Å²) in [6, 6.07) is 0. The number of carbonyl (C=O) groups excluding carboxylic acids is 4. The molecule has 0 saturated carbocycles. The van der Waals surface area contributed by atoms with Crippen molar-refractivity contribution in [3.05, 3.63) is 0 Å². The molecule has 67 heavy (non-hydrogen) atoms. The van der Waals surface area contributed by atoms with Gasteiger partial charge in [-0.05, 0) is 59.8 Å². The van der Waals surface area contributed by atoms with Crippen molar-refractivity contribution in [1.29, 1.82) is 0 Å². The van der Waals surface area contributed by atoms with E-state index in [1.54, 1.807) is 62.3 Å². The van der Waals surface area contributed by atoms with Gasteiger partial charge >= 0.3 is 11.9 Å². The number of methoxy groups -OCH3 is 2. The summed E-state index contributed by atoms with van der Waals surface area (Å²) in [4.78, 5) is 56.2. The Morgan fingerprint density at radius 3 is 1.96 bits per heavy atom. The molecule has 388 valence electrons. The second-order valence-corrected chi connectivity index (χ2v) is 20.9. The molecule has 0 aromatic rings. The lowest BCUT2D eigenvalue weighted by Gasteiger charge is -2.46. The third-order valence-electron chi connectivity index (χ3n) is 14.2. The molecule has 19 heteroatoms. The fraction of sp³-hybridized carbons (Fsp3) is 0.917. The van der Waals surface area contributed by atoms with Crippen molar-refractivity contribution in [2.24, 2.45) is 41.4 Å². The van der Waals surface area contributed by atoms with Crippen molar-refractivity contribution in [3.8, 4) is 0 Å². The molecule has 0 bridgehead atoms. The third-order valence-corrected chi connectivity index (χ3v) is 14.2. The summed E-state index contributed by atoms with van der Waals surface area (Å²) < 4.78 is 61.4. The highest BCUT2D eigenvalue weighted by Gasteiger charge is 2.52. The second kappa shape index (κ2) is 23.8. The van der Waals surface area contributed by atoms with Crippen LogP contribution in [0.5, 0.6) is 0 Å². The molecule has 23 atom stereocenters. The molecule has 4 heterocycles. The van der Waals surface area contributed by atoms with Crippen molar-refractivity contribution >= 4 is 23.5 Å². The van der Waals surface area contributed by atoms with Gasteiger partial charge in [-0.1, -0.05) is 48.5 Å². The summed E-state index contributed by atoms with van der Waals surface area (Å²) in [6.45, 7) is 21.2. The first kappa shape index (κ1) is 57.3. The lowest BCUT2D eigenvalue weighted by Crippen LogP contribution is -2.59. The number of hydrogen-bond donors (Lipinski definition) is 5. The van der Waals surface area contributed by atoms with Crippen LogP contribution in [-0.4, -0.2) is 173 Å². The van der Waals surface area contributed by atoms with Crippen LogP contribution in [0, 0.1) is 41.4 Å². The van der Waals surface area contributed by atoms with Crippen molar-refractivity contribution in [3.63, 3.8) is 0 Å². The zero-order valence-corrected chi connectivity index (χ0v) is 42.2. The van der Waals surface area contributed by atoms with Gasteiger partial charge in [-0.25, -0.2) is 0 Å². The highest BCUT2D eigenvalue weighted by Crippen LogP contribution is 2.40. The molecule has 0 aromatic heterocycles. The summed E-state index contributed by atoms with van der Waals surface area (Å²) in [6.07, 6.45) is -16.7. The maximum atomic E-state index is 15.0. The number of ether oxygens (including phenoxy) is 10. The van der Waals surface area contributed by atoms with Crippen LogP contribution >= 0.6 is 0 Å². The minimum Gasteiger partial charge on any atom is -0.461 e. The standard InChI is InChI=1S/C48H82O19/c1-21(2)16-32(50)64-38-26(7)37(23(4)20-60-46-41(59-15)40(58-14)34(51)29(10)63-46)66-44(55)28(9)39(65-33-19-48(13,57)43(54)30(11)62-33)25(6)36(22(3)18-47(12,56)42(53)27(38)8)67-45-35(52)31(49)17-24(5)61-45/h21-30,33-41,43,45-46,51-52,54,56-57H,16-20H2,1-15H3. The maximum Gasteiger partial charge on any atom is 0.311 e. The first-order valence-corrected chi connectivity index (χ1v) is 24.0. The number of aliphatic hydroxyl groups excluding tert-OH is 3. The van der Waals surface area contributed by atoms with Gasteiger partial charge in [0.1, 0.15) is 42.2 Å². The summed E-state index contributed by atoms with van der Waals surface area (Å²) in [5.74, 6) is -8.28. The van der Waals surface area contributed by atoms with Gasteiger partial charge in [0.25, 0.3) is 0 Å². The van der Waals surface area contributed by atoms with E-state index in [1.165, 1.54) is 28.1 Å². The highest BCUT2D eigenvalue weighted by atomic mass is 16.7. The lowest BCUT2D eigenvalue weighted by atomic mass is 9.74. The van der Waals surface area contributed by atoms with Gasteiger partial charge in [-0.2, -0.15) is 0 Å². The summed E-state index contributed by atoms with van der Waals surface area (Å²) >= 11 is 0. The molecule has 0 radical (unpaired) electrons. The van der Waals surface area contributed by atoms with E-state index >= 15 is 0 Å². The quantitative estimate of drug-likeness (QED) is 0.166. The normalized spacial score (nSPS) is 45.8. The SMILES string of the molecule is COC1C(OCC(C)C2OC(=O)C(C)C(OC3CC(C)(O)C(O)C(C)O3)C(C)C(OC3OC(C)CC(=O)C3O)C(C)CC(C)(O)C(=O)C(C)C(OC(=O)CC(C)C)C2C)OC(C)C(O)C1OC. The molecule has 5 N–H and O–H groups in total. The average Bonchev–Trinajstić information content (AvgIpc) is 3.24. The Morgan fingerprint density at radius 1 is 0.746 bits per heavy atom. The van der Waals surface area contributed by atoms with Gasteiger partial charge in [-0.15, -0.1) is 0 Å². The first-order valence-electron chi connectivity index (χ1n) is 24.0. The van der Waals surface area contributed by atoms with Crippen molar-refractivity contribution in [1.82, 2.24) is 0 Å². The fourth-order valence-corrected chi connectivity index (χ4v) is 10.4. The summed E-state index contributed by atoms with van der Waals surface area (Å²) in [5, 5.41) is 56.1. The molecule has 4 fully saturated rings. The topological polar surface area (TPSA) is 262 Å². The van der Waals surface area contributed by atoms with E-state index in [-0.39, 0.29) is 38.2 Å². The van der Waals surface area contributed by atoms with Crippen LogP contribution in [0.2, 0.25) is 0 Å². The molecule has 0 spiro atoms. The largest absolute Gasteiger partial charge is 0.461 e. The predicted molar refractivity (Wildman–Crippen MR) is 238 cm³/mol. The van der Waals surface area contributed by atoms with Gasteiger partial charge in [0.05, 0.1) is 54.6 Å². The van der Waals surface area contributed by atoms with Gasteiger partial charge in [-0.3, -0.25) is 19.2 Å². The van der Waals surface area contributed by atoms with E-state index in [4.69, 9.17) is 47.4 Å². The van der Waals surface area contributed by atoms with Crippen LogP contribution in [0.1, 0.15) is 116 Å². The van der Waals surface area contributed by atoms with E-state index in [0.717, 1.165) is 0 Å². The van der Waals surface area contributed by atoms with E-state index in [1.807, 2.05) is 13.8 Å². The number of ketones is 2. The Hall–Kier alpha value is -2.24. The Kier molecular flexibility index (Phi) is 20.4. The van der Waals surface area contributed by atoms with Crippen molar-refractivity contribution in [2.45, 2.75) is 219 Å². The molecular weight excluding hydrogens is 881 g/mol. The van der Waals surface area contributed by atoms with Crippen LogP contribution in [0.25, 0.3) is 0 Å². The monoisotopic (exact) mass is 963 g/mol. The first-order chi connectivity index (χ1) is 31.1. The number of aliphatic hydroxyl groups is 5. The van der Waals surface area contributed by atoms with Gasteiger partial charge in [0.15, 0.2) is 36.5 Å². The lowest BCUT2D eigenvalue weighted by molar-refractivity contribution is -0.305. The van der Waals surface area contributed by atoms with Crippen LogP contribution in [0.15, 0.2) is 0 Å². The maximum absolute atomic E-state index is 15.0. The number of Topliss-reactive ketones (excluding diaryl/α,β-unsaturated/α-hetero) is 2. The van der Waals surface area contributed by atoms with E-state index in [9.17, 15) is 44.7 Å². The third kappa shape index (κ3) is 13.8. The number of rotatable bonds is 13. The Morgan fingerprint density at radius 2 is 1.37 bits per heavy atom. The van der Waals surface area contributed by atoms with Crippen LogP contribution in [0.3, 0.4) is 0 Å². The molecule has 0 aliphatic carbocycles. The molecule has 4 saturated heterocycles. The minimum absolute atomic E-state index is 0.0116. The Bertz CT molecular complexity index is 1640. The number of hydrogen-bond acceptors (Lipinski definition) is 19. The molecule has 4 rings (SSSR count). The van der Waals surface area contributed by atoms with E-state index in [0.29, 0.717) is 0 Å². The number of cyclic esters (lactones) is 1. The van der Waals surface area contributed by atoms with Crippen molar-refractivity contribution < 1.29 is 92.1 Å². The molecule has 0 amide bonds. The van der Waals surface area contributed by atoms with E-state index in [2.05, 4.69) is 0 Å². The molecular formula is C48H82O19. The van der Waals surface area contributed by atoms with Crippen LogP contribution in [-0.2, 0) is 66.5 Å². The highest BCUT2D eigenvalue weighted by molar-refractivity contribution is 5.89. The zero-order chi connectivity index (χ0) is 50.6. The van der Waals surface area contributed by atoms with Crippen LogP contribution < -0.4 is 0 Å². The van der Waals surface area contributed by atoms with Gasteiger partial charge in [0, 0.05) is 51.2 Å². The Balaban J connectivity index is 1.86. The minimum atomic E-state index is -2.09. The molecule has 4 aliphatic rings. The molecule has 4 aliphatic heterocycles. The van der Waals surface area contributed by atoms with Crippen LogP contribution in [0.4, 0.5) is 0 Å². The average molecular weight is 963 g/mol. The van der Waals surface area contributed by atoms with Gasteiger partial charge in [0.2, 0.25) is 0 Å². The molecule has 19 nitrogen and oxygen atoms in total. The van der Waals surface area contributed by atoms with Gasteiger partial charge < -0.3 is 72.9 Å². The smallest absolute Gasteiger partial charge is 0.311 e. The number of carbonyl (C=O) groups is 4. The number of esters is 2.